The van der Waals surface area contributed by atoms with E-state index >= 15 is 0 Å². The Morgan fingerprint density at radius 3 is 2.50 bits per heavy atom. The number of nitrogens with one attached hydrogen (secondary N) is 1. The largest absolute Gasteiger partial charge is 0.348 e. The van der Waals surface area contributed by atoms with E-state index in [1.54, 1.807) is 16.8 Å². The first-order valence-corrected chi connectivity index (χ1v) is 8.00. The van der Waals surface area contributed by atoms with Crippen molar-refractivity contribution in [2.45, 2.75) is 26.3 Å². The van der Waals surface area contributed by atoms with Crippen LogP contribution < -0.4 is 10.7 Å². The Kier molecular flexibility index (Phi) is 4.42. The topological polar surface area (TPSA) is 64.0 Å². The lowest BCUT2D eigenvalue weighted by Gasteiger charge is -2.14. The molecule has 2 aromatic carbocycles. The van der Waals surface area contributed by atoms with Crippen LogP contribution in [0.4, 0.5) is 0 Å². The van der Waals surface area contributed by atoms with Crippen LogP contribution in [0.15, 0.2) is 59.4 Å². The Labute approximate surface area is 139 Å². The predicted molar refractivity (Wildman–Crippen MR) is 94.6 cm³/mol. The molecule has 1 atom stereocenters. The summed E-state index contributed by atoms with van der Waals surface area (Å²) in [5, 5.41) is 7.64. The summed E-state index contributed by atoms with van der Waals surface area (Å²) < 4.78 is 1.64. The van der Waals surface area contributed by atoms with Crippen LogP contribution in [-0.4, -0.2) is 21.7 Å². The monoisotopic (exact) mass is 321 g/mol. The lowest BCUT2D eigenvalue weighted by molar-refractivity contribution is 0.0931. The first-order chi connectivity index (χ1) is 11.6. The van der Waals surface area contributed by atoms with Crippen molar-refractivity contribution >= 4 is 16.8 Å². The Morgan fingerprint density at radius 1 is 1.12 bits per heavy atom. The molecule has 3 rings (SSSR count). The Balaban J connectivity index is 2.23. The van der Waals surface area contributed by atoms with Crippen molar-refractivity contribution in [2.75, 3.05) is 0 Å². The van der Waals surface area contributed by atoms with Gasteiger partial charge in [0.15, 0.2) is 5.69 Å². The van der Waals surface area contributed by atoms with Gasteiger partial charge in [0.05, 0.1) is 16.6 Å². The summed E-state index contributed by atoms with van der Waals surface area (Å²) in [7, 11) is 0. The van der Waals surface area contributed by atoms with E-state index in [2.05, 4.69) is 10.4 Å². The zero-order chi connectivity index (χ0) is 17.1. The molecule has 0 fully saturated rings. The summed E-state index contributed by atoms with van der Waals surface area (Å²) in [6.45, 7) is 3.87. The van der Waals surface area contributed by atoms with Crippen molar-refractivity contribution in [3.63, 3.8) is 0 Å². The molecule has 1 amide bonds. The highest BCUT2D eigenvalue weighted by Gasteiger charge is 2.18. The number of para-hydroxylation sites is 2. The molecule has 0 aliphatic heterocycles. The molecule has 122 valence electrons. The van der Waals surface area contributed by atoms with Crippen LogP contribution in [0.3, 0.4) is 0 Å². The van der Waals surface area contributed by atoms with Gasteiger partial charge >= 0.3 is 0 Å². The van der Waals surface area contributed by atoms with E-state index in [-0.39, 0.29) is 17.2 Å². The summed E-state index contributed by atoms with van der Waals surface area (Å²) in [5.41, 5.74) is 1.04. The van der Waals surface area contributed by atoms with Gasteiger partial charge in [-0.25, -0.2) is 4.68 Å². The second-order valence-electron chi connectivity index (χ2n) is 5.72. The van der Waals surface area contributed by atoms with E-state index in [1.807, 2.05) is 56.3 Å². The molecule has 3 aromatic rings. The molecule has 1 aromatic heterocycles. The summed E-state index contributed by atoms with van der Waals surface area (Å²) >= 11 is 0. The molecule has 0 bridgehead atoms. The van der Waals surface area contributed by atoms with Gasteiger partial charge in [-0.1, -0.05) is 37.3 Å². The van der Waals surface area contributed by atoms with E-state index in [1.165, 1.54) is 0 Å². The van der Waals surface area contributed by atoms with Crippen LogP contribution in [0.1, 0.15) is 30.8 Å². The first-order valence-electron chi connectivity index (χ1n) is 8.00. The van der Waals surface area contributed by atoms with Crippen molar-refractivity contribution in [3.05, 3.63) is 70.5 Å². The van der Waals surface area contributed by atoms with Crippen molar-refractivity contribution in [1.29, 1.82) is 0 Å². The van der Waals surface area contributed by atoms with Crippen LogP contribution in [0.2, 0.25) is 0 Å². The lowest BCUT2D eigenvalue weighted by Crippen LogP contribution is -2.36. The maximum absolute atomic E-state index is 12.7. The Morgan fingerprint density at radius 2 is 1.79 bits per heavy atom. The average Bonchev–Trinajstić information content (AvgIpc) is 2.62. The normalized spacial score (nSPS) is 12.1. The summed E-state index contributed by atoms with van der Waals surface area (Å²) in [5.74, 6) is -0.440. The molecule has 1 heterocycles. The number of nitrogens with zero attached hydrogens (tertiary/aromatic N) is 2. The molecule has 0 spiro atoms. The highest BCUT2D eigenvalue weighted by Crippen LogP contribution is 2.15. The van der Waals surface area contributed by atoms with Gasteiger partial charge in [-0.3, -0.25) is 9.59 Å². The molecule has 0 unspecified atom stereocenters. The summed E-state index contributed by atoms with van der Waals surface area (Å²) in [6, 6.07) is 16.6. The van der Waals surface area contributed by atoms with Crippen LogP contribution in [0, 0.1) is 0 Å². The van der Waals surface area contributed by atoms with E-state index in [4.69, 9.17) is 0 Å². The Hall–Kier alpha value is -2.95. The van der Waals surface area contributed by atoms with Crippen molar-refractivity contribution in [2.24, 2.45) is 0 Å². The van der Waals surface area contributed by atoms with Gasteiger partial charge in [0.2, 0.25) is 5.43 Å². The molecule has 0 aliphatic carbocycles. The van der Waals surface area contributed by atoms with E-state index in [0.717, 1.165) is 12.1 Å². The number of amides is 1. The van der Waals surface area contributed by atoms with Crippen LogP contribution >= 0.6 is 0 Å². The smallest absolute Gasteiger partial charge is 0.276 e. The zero-order valence-electron chi connectivity index (χ0n) is 13.7. The fourth-order valence-electron chi connectivity index (χ4n) is 2.49. The number of carbonyl (C=O) groups is 1. The van der Waals surface area contributed by atoms with Gasteiger partial charge in [-0.05, 0) is 37.6 Å². The minimum absolute atomic E-state index is 0.0182. The standard InChI is InChI=1S/C19H19N3O2/c1-3-13(2)20-19(24)17-18(23)15-11-7-8-12-16(15)22(21-17)14-9-5-4-6-10-14/h4-13H,3H2,1-2H3,(H,20,24)/t13-/m0/s1. The van der Waals surface area contributed by atoms with Crippen LogP contribution in [0.5, 0.6) is 0 Å². The third-order valence-corrected chi connectivity index (χ3v) is 4.00. The highest BCUT2D eigenvalue weighted by atomic mass is 16.2. The predicted octanol–water partition coefficient (Wildman–Crippen LogP) is 2.91. The van der Waals surface area contributed by atoms with Gasteiger partial charge < -0.3 is 5.32 Å². The number of aromatic nitrogens is 2. The quantitative estimate of drug-likeness (QED) is 0.803. The van der Waals surface area contributed by atoms with E-state index in [9.17, 15) is 9.59 Å². The molecular weight excluding hydrogens is 302 g/mol. The summed E-state index contributed by atoms with van der Waals surface area (Å²) in [6.07, 6.45) is 0.784. The van der Waals surface area contributed by atoms with Gasteiger partial charge in [0.25, 0.3) is 5.91 Å². The molecular formula is C19H19N3O2. The third kappa shape index (κ3) is 2.93. The number of carbonyl (C=O) groups excluding carboxylic acids is 1. The first kappa shape index (κ1) is 15.9. The van der Waals surface area contributed by atoms with Gasteiger partial charge in [-0.2, -0.15) is 5.10 Å². The van der Waals surface area contributed by atoms with Gasteiger partial charge in [-0.15, -0.1) is 0 Å². The maximum Gasteiger partial charge on any atom is 0.276 e. The zero-order valence-corrected chi connectivity index (χ0v) is 13.7. The number of hydrogen-bond donors (Lipinski definition) is 1. The molecule has 24 heavy (non-hydrogen) atoms. The number of benzene rings is 2. The molecule has 0 aliphatic rings. The molecule has 1 N–H and O–H groups in total. The summed E-state index contributed by atoms with van der Waals surface area (Å²) in [4.78, 5) is 25.2. The maximum atomic E-state index is 12.7. The van der Waals surface area contributed by atoms with Crippen molar-refractivity contribution in [3.8, 4) is 5.69 Å². The van der Waals surface area contributed by atoms with Crippen LogP contribution in [0.25, 0.3) is 16.6 Å². The minimum atomic E-state index is -0.440. The van der Waals surface area contributed by atoms with E-state index in [0.29, 0.717) is 10.9 Å². The molecule has 0 radical (unpaired) electrons. The average molecular weight is 321 g/mol. The fourth-order valence-corrected chi connectivity index (χ4v) is 2.49. The third-order valence-electron chi connectivity index (χ3n) is 4.00. The lowest BCUT2D eigenvalue weighted by atomic mass is 10.1. The second-order valence-corrected chi connectivity index (χ2v) is 5.72. The molecule has 5 nitrogen and oxygen atoms in total. The molecule has 0 saturated heterocycles. The van der Waals surface area contributed by atoms with E-state index < -0.39 is 5.91 Å². The SMILES string of the molecule is CC[C@H](C)NC(=O)c1nn(-c2ccccc2)c2ccccc2c1=O. The van der Waals surface area contributed by atoms with Crippen molar-refractivity contribution < 1.29 is 4.79 Å². The number of hydrogen-bond acceptors (Lipinski definition) is 3. The number of rotatable bonds is 4. The van der Waals surface area contributed by atoms with Gasteiger partial charge in [0, 0.05) is 6.04 Å². The number of fused-ring (bicyclic) bond motifs is 1. The fraction of sp³-hybridized carbons (Fsp3) is 0.211. The van der Waals surface area contributed by atoms with Crippen LogP contribution in [-0.2, 0) is 0 Å². The van der Waals surface area contributed by atoms with Gasteiger partial charge in [0.1, 0.15) is 0 Å². The molecule has 0 saturated carbocycles. The van der Waals surface area contributed by atoms with Crippen molar-refractivity contribution in [1.82, 2.24) is 15.1 Å². The molecule has 5 heteroatoms. The Bertz CT molecular complexity index is 932. The highest BCUT2D eigenvalue weighted by molar-refractivity contribution is 5.95. The minimum Gasteiger partial charge on any atom is -0.348 e. The second kappa shape index (κ2) is 6.66.